The van der Waals surface area contributed by atoms with E-state index in [1.807, 2.05) is 19.1 Å². The summed E-state index contributed by atoms with van der Waals surface area (Å²) in [4.78, 5) is 37.0. The molecule has 1 fully saturated rings. The molecule has 0 aliphatic carbocycles. The van der Waals surface area contributed by atoms with Gasteiger partial charge in [0.1, 0.15) is 23.8 Å². The van der Waals surface area contributed by atoms with Gasteiger partial charge in [-0.25, -0.2) is 28.1 Å². The van der Waals surface area contributed by atoms with Crippen LogP contribution in [-0.2, 0) is 19.6 Å². The highest BCUT2D eigenvalue weighted by Gasteiger charge is 2.27. The van der Waals surface area contributed by atoms with Gasteiger partial charge in [0, 0.05) is 44.7 Å². The van der Waals surface area contributed by atoms with Crippen molar-refractivity contribution in [2.75, 3.05) is 36.0 Å². The van der Waals surface area contributed by atoms with Crippen LogP contribution in [0.2, 0.25) is 0 Å². The third kappa shape index (κ3) is 6.96. The largest absolute Gasteiger partial charge is 0.369 e. The fourth-order valence-corrected chi connectivity index (χ4v) is 3.97. The number of hydrogen-bond donors (Lipinski definition) is 3. The minimum Gasteiger partial charge on any atom is -0.369 e. The molecule has 0 aromatic carbocycles. The SMILES string of the molecule is Cc1ccnc(Nc2cc(NCCNS(=O)(=O)CCN3C(=O)CCCC3=O)ncn2)c1. The summed E-state index contributed by atoms with van der Waals surface area (Å²) in [5, 5.41) is 6.10. The number of sulfonamides is 1. The number of likely N-dealkylation sites (tertiary alicyclic amines) is 1. The molecule has 2 aromatic heterocycles. The Kier molecular flexibility index (Phi) is 7.47. The van der Waals surface area contributed by atoms with Crippen LogP contribution >= 0.6 is 0 Å². The Morgan fingerprint density at radius 1 is 1.00 bits per heavy atom. The van der Waals surface area contributed by atoms with E-state index in [9.17, 15) is 18.0 Å². The predicted molar refractivity (Wildman–Crippen MR) is 115 cm³/mol. The fraction of sp³-hybridized carbons (Fsp3) is 0.421. The van der Waals surface area contributed by atoms with Gasteiger partial charge < -0.3 is 10.6 Å². The number of carbonyl (C=O) groups is 2. The summed E-state index contributed by atoms with van der Waals surface area (Å²) < 4.78 is 26.8. The van der Waals surface area contributed by atoms with E-state index in [2.05, 4.69) is 30.3 Å². The number of nitrogens with zero attached hydrogens (tertiary/aromatic N) is 4. The van der Waals surface area contributed by atoms with Gasteiger partial charge in [-0.05, 0) is 31.0 Å². The molecule has 1 aliphatic heterocycles. The van der Waals surface area contributed by atoms with Crippen molar-refractivity contribution in [1.29, 1.82) is 0 Å². The number of anilines is 3. The monoisotopic (exact) mass is 447 g/mol. The van der Waals surface area contributed by atoms with Crippen LogP contribution in [0.4, 0.5) is 17.5 Å². The van der Waals surface area contributed by atoms with Crippen LogP contribution in [0.5, 0.6) is 0 Å². The highest BCUT2D eigenvalue weighted by Crippen LogP contribution is 2.15. The second kappa shape index (κ2) is 10.3. The van der Waals surface area contributed by atoms with Crippen LogP contribution in [-0.4, -0.2) is 65.5 Å². The van der Waals surface area contributed by atoms with Crippen molar-refractivity contribution < 1.29 is 18.0 Å². The summed E-state index contributed by atoms with van der Waals surface area (Å²) in [6.45, 7) is 2.24. The first-order chi connectivity index (χ1) is 14.8. The summed E-state index contributed by atoms with van der Waals surface area (Å²) in [7, 11) is -3.62. The molecule has 3 N–H and O–H groups in total. The minimum atomic E-state index is -3.62. The van der Waals surface area contributed by atoms with Crippen LogP contribution in [0.1, 0.15) is 24.8 Å². The Labute approximate surface area is 180 Å². The second-order valence-electron chi connectivity index (χ2n) is 7.06. The molecule has 0 saturated carbocycles. The van der Waals surface area contributed by atoms with E-state index in [4.69, 9.17) is 0 Å². The Bertz CT molecular complexity index is 1030. The van der Waals surface area contributed by atoms with Crippen molar-refractivity contribution in [1.82, 2.24) is 24.6 Å². The zero-order valence-electron chi connectivity index (χ0n) is 17.2. The van der Waals surface area contributed by atoms with Crippen molar-refractivity contribution >= 4 is 39.3 Å². The number of carbonyl (C=O) groups excluding carboxylic acids is 2. The van der Waals surface area contributed by atoms with E-state index in [1.54, 1.807) is 12.3 Å². The van der Waals surface area contributed by atoms with Gasteiger partial charge in [0.15, 0.2) is 0 Å². The molecule has 12 heteroatoms. The van der Waals surface area contributed by atoms with Gasteiger partial charge in [-0.2, -0.15) is 0 Å². The molecule has 1 aliphatic rings. The average molecular weight is 448 g/mol. The van der Waals surface area contributed by atoms with E-state index in [1.165, 1.54) is 6.33 Å². The van der Waals surface area contributed by atoms with E-state index in [0.717, 1.165) is 10.5 Å². The number of aryl methyl sites for hydroxylation is 1. The van der Waals surface area contributed by atoms with E-state index in [0.29, 0.717) is 30.4 Å². The molecule has 11 nitrogen and oxygen atoms in total. The highest BCUT2D eigenvalue weighted by molar-refractivity contribution is 7.89. The molecule has 1 saturated heterocycles. The summed E-state index contributed by atoms with van der Waals surface area (Å²) in [6, 6.07) is 5.46. The molecular formula is C19H25N7O4S. The molecule has 3 rings (SSSR count). The van der Waals surface area contributed by atoms with Crippen LogP contribution in [0.15, 0.2) is 30.7 Å². The lowest BCUT2D eigenvalue weighted by atomic mass is 10.1. The number of piperidine rings is 1. The topological polar surface area (TPSA) is 146 Å². The third-order valence-corrected chi connectivity index (χ3v) is 5.92. The molecule has 2 amide bonds. The van der Waals surface area contributed by atoms with E-state index in [-0.39, 0.29) is 43.5 Å². The summed E-state index contributed by atoms with van der Waals surface area (Å²) in [5.41, 5.74) is 1.06. The van der Waals surface area contributed by atoms with Crippen LogP contribution in [0, 0.1) is 6.92 Å². The van der Waals surface area contributed by atoms with Gasteiger partial charge in [0.05, 0.1) is 5.75 Å². The number of hydrogen-bond acceptors (Lipinski definition) is 9. The quantitative estimate of drug-likeness (QED) is 0.355. The number of aromatic nitrogens is 3. The van der Waals surface area contributed by atoms with Crippen molar-refractivity contribution in [3.05, 3.63) is 36.3 Å². The third-order valence-electron chi connectivity index (χ3n) is 4.56. The molecule has 0 unspecified atom stereocenters. The normalized spacial score (nSPS) is 14.5. The summed E-state index contributed by atoms with van der Waals surface area (Å²) >= 11 is 0. The maximum absolute atomic E-state index is 12.2. The molecular weight excluding hydrogens is 422 g/mol. The van der Waals surface area contributed by atoms with Gasteiger partial charge in [-0.3, -0.25) is 14.5 Å². The summed E-state index contributed by atoms with van der Waals surface area (Å²) in [5.74, 6) is 0.767. The number of rotatable bonds is 10. The predicted octanol–water partition coefficient (Wildman–Crippen LogP) is 0.794. The Balaban J connectivity index is 1.43. The molecule has 0 radical (unpaired) electrons. The fourth-order valence-electron chi connectivity index (χ4n) is 2.99. The smallest absolute Gasteiger partial charge is 0.229 e. The zero-order valence-corrected chi connectivity index (χ0v) is 18.0. The van der Waals surface area contributed by atoms with Gasteiger partial charge in [0.2, 0.25) is 21.8 Å². The van der Waals surface area contributed by atoms with Crippen molar-refractivity contribution in [2.45, 2.75) is 26.2 Å². The molecule has 166 valence electrons. The van der Waals surface area contributed by atoms with E-state index >= 15 is 0 Å². The lowest BCUT2D eigenvalue weighted by Crippen LogP contribution is -2.44. The van der Waals surface area contributed by atoms with Crippen LogP contribution in [0.3, 0.4) is 0 Å². The molecule has 0 atom stereocenters. The Hall–Kier alpha value is -3.12. The Morgan fingerprint density at radius 2 is 1.71 bits per heavy atom. The summed E-state index contributed by atoms with van der Waals surface area (Å²) in [6.07, 6.45) is 4.16. The lowest BCUT2D eigenvalue weighted by molar-refractivity contribution is -0.147. The lowest BCUT2D eigenvalue weighted by Gasteiger charge is -2.24. The van der Waals surface area contributed by atoms with Crippen molar-refractivity contribution in [3.63, 3.8) is 0 Å². The molecule has 0 spiro atoms. The highest BCUT2D eigenvalue weighted by atomic mass is 32.2. The van der Waals surface area contributed by atoms with Gasteiger partial charge >= 0.3 is 0 Å². The van der Waals surface area contributed by atoms with Crippen LogP contribution in [0.25, 0.3) is 0 Å². The van der Waals surface area contributed by atoms with Crippen molar-refractivity contribution in [3.8, 4) is 0 Å². The maximum atomic E-state index is 12.2. The van der Waals surface area contributed by atoms with Crippen LogP contribution < -0.4 is 15.4 Å². The zero-order chi connectivity index (χ0) is 22.3. The molecule has 0 bridgehead atoms. The number of pyridine rings is 1. The second-order valence-corrected chi connectivity index (χ2v) is 8.99. The number of imide groups is 1. The molecule has 2 aromatic rings. The molecule has 3 heterocycles. The average Bonchev–Trinajstić information content (AvgIpc) is 2.71. The van der Waals surface area contributed by atoms with Gasteiger partial charge in [0.25, 0.3) is 0 Å². The van der Waals surface area contributed by atoms with Gasteiger partial charge in [-0.15, -0.1) is 0 Å². The first kappa shape index (κ1) is 22.6. The number of nitrogens with one attached hydrogen (secondary N) is 3. The van der Waals surface area contributed by atoms with Crippen molar-refractivity contribution in [2.24, 2.45) is 0 Å². The van der Waals surface area contributed by atoms with Gasteiger partial charge in [-0.1, -0.05) is 0 Å². The maximum Gasteiger partial charge on any atom is 0.229 e. The number of amides is 2. The van der Waals surface area contributed by atoms with E-state index < -0.39 is 10.0 Å². The standard InChI is InChI=1S/C19H25N7O4S/c1-14-5-6-20-16(11-14)25-17-12-15(22-13-23-17)21-7-8-24-31(29,30)10-9-26-18(27)3-2-4-19(26)28/h5-6,11-13,24H,2-4,7-10H2,1H3,(H2,20,21,22,23,25). The first-order valence-corrected chi connectivity index (χ1v) is 11.5. The minimum absolute atomic E-state index is 0.121. The Morgan fingerprint density at radius 3 is 2.45 bits per heavy atom. The first-order valence-electron chi connectivity index (χ1n) is 9.88. The molecule has 31 heavy (non-hydrogen) atoms.